The van der Waals surface area contributed by atoms with Gasteiger partial charge in [-0.05, 0) is 14.0 Å². The van der Waals surface area contributed by atoms with E-state index in [4.69, 9.17) is 4.52 Å². The summed E-state index contributed by atoms with van der Waals surface area (Å²) in [5, 5.41) is 9.83. The van der Waals surface area contributed by atoms with Crippen LogP contribution in [0.15, 0.2) is 4.52 Å². The van der Waals surface area contributed by atoms with E-state index in [2.05, 4.69) is 20.8 Å². The highest BCUT2D eigenvalue weighted by atomic mass is 35.5. The molecule has 0 saturated heterocycles. The Morgan fingerprint density at radius 1 is 1.40 bits per heavy atom. The van der Waals surface area contributed by atoms with E-state index in [1.165, 1.54) is 0 Å². The smallest absolute Gasteiger partial charge is 0.227 e. The maximum atomic E-state index is 11.6. The van der Waals surface area contributed by atoms with Crippen LogP contribution in [0, 0.1) is 0 Å². The lowest BCUT2D eigenvalue weighted by molar-refractivity contribution is -0.121. The number of nitrogens with one attached hydrogen (secondary N) is 2. The van der Waals surface area contributed by atoms with E-state index in [-0.39, 0.29) is 29.8 Å². The highest BCUT2D eigenvalue weighted by Crippen LogP contribution is 2.18. The molecule has 20 heavy (non-hydrogen) atoms. The largest absolute Gasteiger partial charge is 0.355 e. The monoisotopic (exact) mass is 304 g/mol. The van der Waals surface area contributed by atoms with E-state index >= 15 is 0 Å². The zero-order valence-electron chi connectivity index (χ0n) is 12.8. The van der Waals surface area contributed by atoms with Gasteiger partial charge in [-0.3, -0.25) is 4.79 Å². The van der Waals surface area contributed by atoms with Crippen molar-refractivity contribution in [1.82, 2.24) is 20.8 Å². The number of hydrogen-bond acceptors (Lipinski definition) is 5. The number of likely N-dealkylation sites (N-methyl/N-ethyl adjacent to an activating group) is 1. The van der Waals surface area contributed by atoms with Crippen molar-refractivity contribution in [2.75, 3.05) is 13.6 Å². The van der Waals surface area contributed by atoms with E-state index in [0.717, 1.165) is 0 Å². The molecule has 0 bridgehead atoms. The minimum absolute atomic E-state index is 0. The first-order valence-corrected chi connectivity index (χ1v) is 6.60. The number of aromatic nitrogens is 2. The zero-order valence-corrected chi connectivity index (χ0v) is 13.6. The van der Waals surface area contributed by atoms with Crippen molar-refractivity contribution in [1.29, 1.82) is 0 Å². The summed E-state index contributed by atoms with van der Waals surface area (Å²) >= 11 is 0. The van der Waals surface area contributed by atoms with Gasteiger partial charge in [0.1, 0.15) is 0 Å². The lowest BCUT2D eigenvalue weighted by atomic mass is 9.96. The number of rotatable bonds is 6. The van der Waals surface area contributed by atoms with Crippen molar-refractivity contribution >= 4 is 18.3 Å². The highest BCUT2D eigenvalue weighted by Gasteiger charge is 2.21. The molecule has 6 nitrogen and oxygen atoms in total. The molecular formula is C13H25ClN4O2. The molecule has 1 rings (SSSR count). The predicted octanol–water partition coefficient (Wildman–Crippen LogP) is 1.45. The Hall–Kier alpha value is -1.14. The van der Waals surface area contributed by atoms with Crippen LogP contribution in [-0.4, -0.2) is 35.7 Å². The van der Waals surface area contributed by atoms with Crippen LogP contribution in [-0.2, 0) is 16.6 Å². The van der Waals surface area contributed by atoms with Crippen LogP contribution in [0.2, 0.25) is 0 Å². The Bertz CT molecular complexity index is 415. The Morgan fingerprint density at radius 3 is 2.55 bits per heavy atom. The topological polar surface area (TPSA) is 80.0 Å². The average molecular weight is 305 g/mol. The van der Waals surface area contributed by atoms with Crippen molar-refractivity contribution in [2.24, 2.45) is 0 Å². The van der Waals surface area contributed by atoms with Gasteiger partial charge in [0.15, 0.2) is 5.82 Å². The van der Waals surface area contributed by atoms with Gasteiger partial charge in [0, 0.05) is 30.8 Å². The second-order valence-electron chi connectivity index (χ2n) is 5.76. The first-order chi connectivity index (χ1) is 8.82. The number of halogens is 1. The van der Waals surface area contributed by atoms with E-state index < -0.39 is 0 Å². The number of amides is 1. The normalized spacial score (nSPS) is 12.7. The van der Waals surface area contributed by atoms with Gasteiger partial charge < -0.3 is 15.2 Å². The molecule has 1 amide bonds. The van der Waals surface area contributed by atoms with E-state index in [1.54, 1.807) is 0 Å². The molecule has 0 aliphatic rings. The van der Waals surface area contributed by atoms with Gasteiger partial charge in [0.05, 0.1) is 0 Å². The van der Waals surface area contributed by atoms with Crippen LogP contribution in [0.1, 0.15) is 45.8 Å². The Labute approximate surface area is 126 Å². The van der Waals surface area contributed by atoms with Crippen LogP contribution in [0.25, 0.3) is 0 Å². The number of carbonyl (C=O) groups excluding carboxylic acids is 1. The average Bonchev–Trinajstić information content (AvgIpc) is 2.82. The summed E-state index contributed by atoms with van der Waals surface area (Å²) < 4.78 is 5.13. The fourth-order valence-corrected chi connectivity index (χ4v) is 1.34. The second-order valence-corrected chi connectivity index (χ2v) is 5.76. The van der Waals surface area contributed by atoms with Crippen LogP contribution in [0.3, 0.4) is 0 Å². The number of carbonyl (C=O) groups is 1. The van der Waals surface area contributed by atoms with Gasteiger partial charge in [-0.15, -0.1) is 12.4 Å². The van der Waals surface area contributed by atoms with Crippen molar-refractivity contribution in [3.63, 3.8) is 0 Å². The molecule has 1 aromatic heterocycles. The Balaban J connectivity index is 0.00000361. The minimum atomic E-state index is -0.133. The van der Waals surface area contributed by atoms with Crippen molar-refractivity contribution in [3.8, 4) is 0 Å². The third-order valence-corrected chi connectivity index (χ3v) is 2.80. The highest BCUT2D eigenvalue weighted by molar-refractivity contribution is 5.85. The Morgan fingerprint density at radius 2 is 2.05 bits per heavy atom. The van der Waals surface area contributed by atoms with Crippen LogP contribution < -0.4 is 10.6 Å². The van der Waals surface area contributed by atoms with Gasteiger partial charge in [-0.1, -0.05) is 25.9 Å². The van der Waals surface area contributed by atoms with E-state index in [1.807, 2.05) is 34.7 Å². The SMILES string of the molecule is CNC(C)CNC(=O)CCc1nc(C(C)(C)C)no1.Cl. The molecule has 2 N–H and O–H groups in total. The number of nitrogens with zero attached hydrogens (tertiary/aromatic N) is 2. The first-order valence-electron chi connectivity index (χ1n) is 6.60. The summed E-state index contributed by atoms with van der Waals surface area (Å²) in [5.74, 6) is 1.19. The maximum absolute atomic E-state index is 11.6. The van der Waals surface area contributed by atoms with Crippen LogP contribution >= 0.6 is 12.4 Å². The Kier molecular flexibility index (Phi) is 7.75. The summed E-state index contributed by atoms with van der Waals surface area (Å²) in [6, 6.07) is 0.264. The summed E-state index contributed by atoms with van der Waals surface area (Å²) in [5.41, 5.74) is -0.133. The molecule has 116 valence electrons. The van der Waals surface area contributed by atoms with Gasteiger partial charge >= 0.3 is 0 Å². The summed E-state index contributed by atoms with van der Waals surface area (Å²) in [7, 11) is 1.86. The van der Waals surface area contributed by atoms with E-state index in [0.29, 0.717) is 31.1 Å². The molecule has 0 aliphatic carbocycles. The van der Waals surface area contributed by atoms with Gasteiger partial charge in [-0.2, -0.15) is 4.98 Å². The molecule has 1 aromatic rings. The third-order valence-electron chi connectivity index (χ3n) is 2.80. The molecule has 1 heterocycles. The maximum Gasteiger partial charge on any atom is 0.227 e. The van der Waals surface area contributed by atoms with Crippen LogP contribution in [0.4, 0.5) is 0 Å². The molecule has 0 aromatic carbocycles. The molecule has 1 atom stereocenters. The second kappa shape index (κ2) is 8.21. The predicted molar refractivity (Wildman–Crippen MR) is 80.1 cm³/mol. The van der Waals surface area contributed by atoms with Crippen molar-refractivity contribution in [3.05, 3.63) is 11.7 Å². The molecule has 7 heteroatoms. The van der Waals surface area contributed by atoms with Gasteiger partial charge in [0.25, 0.3) is 0 Å². The molecule has 0 spiro atoms. The minimum Gasteiger partial charge on any atom is -0.355 e. The fraction of sp³-hybridized carbons (Fsp3) is 0.769. The first kappa shape index (κ1) is 18.9. The molecule has 0 fully saturated rings. The van der Waals surface area contributed by atoms with Crippen molar-refractivity contribution < 1.29 is 9.32 Å². The number of hydrogen-bond donors (Lipinski definition) is 2. The fourth-order valence-electron chi connectivity index (χ4n) is 1.34. The lowest BCUT2D eigenvalue weighted by Crippen LogP contribution is -2.37. The number of aryl methyl sites for hydroxylation is 1. The molecule has 0 aliphatic heterocycles. The summed E-state index contributed by atoms with van der Waals surface area (Å²) in [6.07, 6.45) is 0.838. The van der Waals surface area contributed by atoms with Crippen LogP contribution in [0.5, 0.6) is 0 Å². The molecule has 0 saturated carbocycles. The lowest BCUT2D eigenvalue weighted by Gasteiger charge is -2.11. The van der Waals surface area contributed by atoms with Gasteiger partial charge in [-0.25, -0.2) is 0 Å². The third kappa shape index (κ3) is 6.34. The molecule has 0 radical (unpaired) electrons. The molecule has 1 unspecified atom stereocenters. The quantitative estimate of drug-likeness (QED) is 0.831. The molecular weight excluding hydrogens is 280 g/mol. The summed E-state index contributed by atoms with van der Waals surface area (Å²) in [6.45, 7) is 8.69. The van der Waals surface area contributed by atoms with Crippen molar-refractivity contribution in [2.45, 2.75) is 52.0 Å². The summed E-state index contributed by atoms with van der Waals surface area (Å²) in [4.78, 5) is 15.9. The van der Waals surface area contributed by atoms with Gasteiger partial charge in [0.2, 0.25) is 11.8 Å². The zero-order chi connectivity index (χ0) is 14.5. The van der Waals surface area contributed by atoms with E-state index in [9.17, 15) is 4.79 Å². The standard InChI is InChI=1S/C13H24N4O2.ClH/c1-9(14-5)8-15-10(18)6-7-11-16-12(17-19-11)13(2,3)4;/h9,14H,6-8H2,1-5H3,(H,15,18);1H.